The van der Waals surface area contributed by atoms with Gasteiger partial charge in [0.05, 0.1) is 11.3 Å². The number of carbonyl (C=O) groups excluding carboxylic acids is 1. The summed E-state index contributed by atoms with van der Waals surface area (Å²) in [6.07, 6.45) is 1.36. The van der Waals surface area contributed by atoms with E-state index < -0.39 is 11.9 Å². The number of hydrogen-bond donors (Lipinski definition) is 2. The van der Waals surface area contributed by atoms with Crippen LogP contribution in [-0.4, -0.2) is 22.0 Å². The Labute approximate surface area is 127 Å². The number of benzene rings is 1. The van der Waals surface area contributed by atoms with Crippen LogP contribution in [0.1, 0.15) is 20.8 Å². The summed E-state index contributed by atoms with van der Waals surface area (Å²) in [6, 6.07) is 7.65. The summed E-state index contributed by atoms with van der Waals surface area (Å²) in [5.41, 5.74) is 0.111. The van der Waals surface area contributed by atoms with Gasteiger partial charge in [0, 0.05) is 15.7 Å². The Morgan fingerprint density at radius 3 is 2.75 bits per heavy atom. The molecule has 20 heavy (non-hydrogen) atoms. The van der Waals surface area contributed by atoms with Crippen molar-refractivity contribution < 1.29 is 14.7 Å². The third kappa shape index (κ3) is 3.15. The van der Waals surface area contributed by atoms with E-state index in [-0.39, 0.29) is 11.3 Å². The second-order valence-corrected chi connectivity index (χ2v) is 5.07. The number of halogens is 2. The standard InChI is InChI=1S/C13H8BrClN2O3/c14-9-4-3-7(15)6-10(9)17-12(18)11-8(13(19)20)2-1-5-16-11/h1-6H,(H,17,18)(H,19,20). The predicted molar refractivity (Wildman–Crippen MR) is 78.3 cm³/mol. The maximum Gasteiger partial charge on any atom is 0.338 e. The normalized spacial score (nSPS) is 10.1. The number of hydrogen-bond acceptors (Lipinski definition) is 3. The Hall–Kier alpha value is -1.92. The number of aromatic nitrogens is 1. The SMILES string of the molecule is O=C(O)c1cccnc1C(=O)Nc1cc(Cl)ccc1Br. The number of aromatic carboxylic acids is 1. The Morgan fingerprint density at radius 2 is 2.05 bits per heavy atom. The highest BCUT2D eigenvalue weighted by atomic mass is 79.9. The van der Waals surface area contributed by atoms with E-state index in [2.05, 4.69) is 26.2 Å². The van der Waals surface area contributed by atoms with E-state index in [0.717, 1.165) is 0 Å². The van der Waals surface area contributed by atoms with Crippen LogP contribution in [0.25, 0.3) is 0 Å². The Morgan fingerprint density at radius 1 is 1.30 bits per heavy atom. The first kappa shape index (κ1) is 14.5. The largest absolute Gasteiger partial charge is 0.478 e. The second kappa shape index (κ2) is 6.02. The highest BCUT2D eigenvalue weighted by Gasteiger charge is 2.18. The highest BCUT2D eigenvalue weighted by molar-refractivity contribution is 9.10. The van der Waals surface area contributed by atoms with Gasteiger partial charge in [-0.05, 0) is 46.3 Å². The molecule has 1 amide bonds. The van der Waals surface area contributed by atoms with Crippen molar-refractivity contribution in [3.05, 3.63) is 57.3 Å². The number of rotatable bonds is 3. The third-order valence-corrected chi connectivity index (χ3v) is 3.36. The lowest BCUT2D eigenvalue weighted by atomic mass is 10.2. The Kier molecular flexibility index (Phi) is 4.36. The van der Waals surface area contributed by atoms with E-state index in [4.69, 9.17) is 16.7 Å². The smallest absolute Gasteiger partial charge is 0.338 e. The summed E-state index contributed by atoms with van der Waals surface area (Å²) >= 11 is 9.11. The fourth-order valence-electron chi connectivity index (χ4n) is 1.53. The lowest BCUT2D eigenvalue weighted by molar-refractivity contribution is 0.0691. The van der Waals surface area contributed by atoms with Gasteiger partial charge in [0.15, 0.2) is 0 Å². The minimum absolute atomic E-state index is 0.160. The molecular weight excluding hydrogens is 348 g/mol. The van der Waals surface area contributed by atoms with Crippen LogP contribution in [0.5, 0.6) is 0 Å². The van der Waals surface area contributed by atoms with Gasteiger partial charge in [-0.2, -0.15) is 0 Å². The summed E-state index contributed by atoms with van der Waals surface area (Å²) in [5, 5.41) is 12.0. The van der Waals surface area contributed by atoms with Crippen LogP contribution >= 0.6 is 27.5 Å². The molecule has 1 aromatic heterocycles. The predicted octanol–water partition coefficient (Wildman–Crippen LogP) is 3.45. The van der Waals surface area contributed by atoms with Gasteiger partial charge in [-0.1, -0.05) is 11.6 Å². The van der Waals surface area contributed by atoms with Gasteiger partial charge < -0.3 is 10.4 Å². The van der Waals surface area contributed by atoms with Crippen LogP contribution in [-0.2, 0) is 0 Å². The molecule has 0 aliphatic carbocycles. The van der Waals surface area contributed by atoms with Crippen LogP contribution in [0.3, 0.4) is 0 Å². The van der Waals surface area contributed by atoms with Crippen molar-refractivity contribution in [1.29, 1.82) is 0 Å². The zero-order chi connectivity index (χ0) is 14.7. The third-order valence-electron chi connectivity index (χ3n) is 2.43. The molecule has 0 aliphatic rings. The first-order chi connectivity index (χ1) is 9.49. The number of nitrogens with zero attached hydrogens (tertiary/aromatic N) is 1. The van der Waals surface area contributed by atoms with Crippen molar-refractivity contribution in [3.8, 4) is 0 Å². The fourth-order valence-corrected chi connectivity index (χ4v) is 2.05. The quantitative estimate of drug-likeness (QED) is 0.884. The molecule has 2 N–H and O–H groups in total. The molecule has 2 rings (SSSR count). The lowest BCUT2D eigenvalue weighted by Gasteiger charge is -2.08. The molecule has 102 valence electrons. The van der Waals surface area contributed by atoms with Crippen molar-refractivity contribution >= 4 is 45.1 Å². The Balaban J connectivity index is 2.33. The molecule has 7 heteroatoms. The number of amides is 1. The zero-order valence-corrected chi connectivity index (χ0v) is 12.3. The molecule has 0 unspecified atom stereocenters. The summed E-state index contributed by atoms with van der Waals surface area (Å²) in [6.45, 7) is 0. The first-order valence-electron chi connectivity index (χ1n) is 5.44. The van der Waals surface area contributed by atoms with Crippen LogP contribution in [0.15, 0.2) is 41.0 Å². The average molecular weight is 356 g/mol. The van der Waals surface area contributed by atoms with Crippen molar-refractivity contribution in [2.24, 2.45) is 0 Å². The van der Waals surface area contributed by atoms with Crippen molar-refractivity contribution in [1.82, 2.24) is 4.98 Å². The molecule has 2 aromatic rings. The fraction of sp³-hybridized carbons (Fsp3) is 0. The molecule has 0 spiro atoms. The van der Waals surface area contributed by atoms with E-state index >= 15 is 0 Å². The number of anilines is 1. The van der Waals surface area contributed by atoms with Crippen LogP contribution in [0.2, 0.25) is 5.02 Å². The molecule has 0 aliphatic heterocycles. The summed E-state index contributed by atoms with van der Waals surface area (Å²) in [4.78, 5) is 27.0. The molecule has 0 radical (unpaired) electrons. The van der Waals surface area contributed by atoms with E-state index in [9.17, 15) is 9.59 Å². The van der Waals surface area contributed by atoms with Crippen LogP contribution < -0.4 is 5.32 Å². The van der Waals surface area contributed by atoms with Crippen molar-refractivity contribution in [3.63, 3.8) is 0 Å². The van der Waals surface area contributed by atoms with E-state index in [1.165, 1.54) is 18.3 Å². The van der Waals surface area contributed by atoms with Gasteiger partial charge in [-0.25, -0.2) is 4.79 Å². The van der Waals surface area contributed by atoms with Gasteiger partial charge in [0.1, 0.15) is 5.69 Å². The molecule has 0 bridgehead atoms. The minimum atomic E-state index is -1.21. The highest BCUT2D eigenvalue weighted by Crippen LogP contribution is 2.26. The van der Waals surface area contributed by atoms with Gasteiger partial charge in [-0.3, -0.25) is 9.78 Å². The molecular formula is C13H8BrClN2O3. The van der Waals surface area contributed by atoms with E-state index in [1.807, 2.05) is 0 Å². The topological polar surface area (TPSA) is 79.3 Å². The number of carbonyl (C=O) groups is 2. The average Bonchev–Trinajstić information content (AvgIpc) is 2.42. The zero-order valence-electron chi connectivity index (χ0n) is 9.93. The summed E-state index contributed by atoms with van der Waals surface area (Å²) < 4.78 is 0.628. The number of nitrogens with one attached hydrogen (secondary N) is 1. The second-order valence-electron chi connectivity index (χ2n) is 3.78. The summed E-state index contributed by atoms with van der Waals surface area (Å²) in [5.74, 6) is -1.83. The lowest BCUT2D eigenvalue weighted by Crippen LogP contribution is -2.18. The molecule has 0 saturated heterocycles. The molecule has 0 atom stereocenters. The maximum absolute atomic E-state index is 12.1. The maximum atomic E-state index is 12.1. The minimum Gasteiger partial charge on any atom is -0.478 e. The van der Waals surface area contributed by atoms with Gasteiger partial charge >= 0.3 is 5.97 Å². The summed E-state index contributed by atoms with van der Waals surface area (Å²) in [7, 11) is 0. The van der Waals surface area contributed by atoms with Crippen LogP contribution in [0, 0.1) is 0 Å². The molecule has 0 fully saturated rings. The van der Waals surface area contributed by atoms with Gasteiger partial charge in [-0.15, -0.1) is 0 Å². The molecule has 1 heterocycles. The first-order valence-corrected chi connectivity index (χ1v) is 6.61. The molecule has 5 nitrogen and oxygen atoms in total. The van der Waals surface area contributed by atoms with E-state index in [0.29, 0.717) is 15.2 Å². The van der Waals surface area contributed by atoms with Crippen LogP contribution in [0.4, 0.5) is 5.69 Å². The monoisotopic (exact) mass is 354 g/mol. The molecule has 0 saturated carbocycles. The Bertz CT molecular complexity index is 691. The van der Waals surface area contributed by atoms with Crippen molar-refractivity contribution in [2.45, 2.75) is 0 Å². The van der Waals surface area contributed by atoms with Crippen molar-refractivity contribution in [2.75, 3.05) is 5.32 Å². The van der Waals surface area contributed by atoms with Gasteiger partial charge in [0.2, 0.25) is 0 Å². The van der Waals surface area contributed by atoms with E-state index in [1.54, 1.807) is 18.2 Å². The van der Waals surface area contributed by atoms with Gasteiger partial charge in [0.25, 0.3) is 5.91 Å². The number of carboxylic acids is 1. The molecule has 1 aromatic carbocycles. The number of pyridine rings is 1. The number of carboxylic acid groups (broad SMARTS) is 1.